The molecule has 24 heavy (non-hydrogen) atoms. The molecule has 0 aliphatic rings. The van der Waals surface area contributed by atoms with Crippen LogP contribution >= 0.6 is 11.3 Å². The largest absolute Gasteiger partial charge is 0.347 e. The molecule has 2 aromatic rings. The number of hydrogen-bond donors (Lipinski definition) is 1. The summed E-state index contributed by atoms with van der Waals surface area (Å²) in [7, 11) is 5.01. The number of carbonyl (C=O) groups excluding carboxylic acids is 2. The Morgan fingerprint density at radius 1 is 1.04 bits per heavy atom. The average molecular weight is 345 g/mol. The third-order valence-electron chi connectivity index (χ3n) is 3.72. The molecule has 0 radical (unpaired) electrons. The Balaban J connectivity index is 2.01. The first-order chi connectivity index (χ1) is 11.5. The van der Waals surface area contributed by atoms with Crippen molar-refractivity contribution in [2.45, 2.75) is 6.04 Å². The Labute approximate surface area is 146 Å². The zero-order valence-electron chi connectivity index (χ0n) is 14.2. The van der Waals surface area contributed by atoms with Crippen molar-refractivity contribution in [3.05, 3.63) is 58.3 Å². The summed E-state index contributed by atoms with van der Waals surface area (Å²) in [6.07, 6.45) is 0. The van der Waals surface area contributed by atoms with Crippen molar-refractivity contribution in [3.8, 4) is 0 Å². The number of amides is 2. The van der Waals surface area contributed by atoms with Gasteiger partial charge in [0.15, 0.2) is 0 Å². The lowest BCUT2D eigenvalue weighted by atomic mass is 10.1. The van der Waals surface area contributed by atoms with Gasteiger partial charge in [0.25, 0.3) is 0 Å². The number of nitrogens with one attached hydrogen (secondary N) is 1. The minimum absolute atomic E-state index is 0.0342. The van der Waals surface area contributed by atoms with Gasteiger partial charge in [-0.1, -0.05) is 36.4 Å². The van der Waals surface area contributed by atoms with Crippen LogP contribution in [0.1, 0.15) is 16.5 Å². The zero-order chi connectivity index (χ0) is 17.5. The van der Waals surface area contributed by atoms with Crippen molar-refractivity contribution < 1.29 is 9.59 Å². The summed E-state index contributed by atoms with van der Waals surface area (Å²) in [5, 5.41) is 5.34. The average Bonchev–Trinajstić information content (AvgIpc) is 3.10. The fourth-order valence-corrected chi connectivity index (χ4v) is 3.07. The van der Waals surface area contributed by atoms with Gasteiger partial charge in [-0.15, -0.1) is 11.3 Å². The van der Waals surface area contributed by atoms with Crippen LogP contribution in [0.15, 0.2) is 47.8 Å². The molecule has 0 unspecified atom stereocenters. The van der Waals surface area contributed by atoms with Gasteiger partial charge in [0.1, 0.15) is 0 Å². The van der Waals surface area contributed by atoms with E-state index in [1.165, 1.54) is 9.80 Å². The number of nitrogens with zero attached hydrogens (tertiary/aromatic N) is 2. The lowest BCUT2D eigenvalue weighted by molar-refractivity contribution is -0.137. The van der Waals surface area contributed by atoms with Crippen LogP contribution in [0.3, 0.4) is 0 Å². The Morgan fingerprint density at radius 2 is 1.75 bits per heavy atom. The van der Waals surface area contributed by atoms with Crippen molar-refractivity contribution in [1.29, 1.82) is 0 Å². The van der Waals surface area contributed by atoms with Crippen LogP contribution in [0.5, 0.6) is 0 Å². The zero-order valence-corrected chi connectivity index (χ0v) is 15.0. The lowest BCUT2D eigenvalue weighted by Crippen LogP contribution is -2.42. The molecule has 1 heterocycles. The topological polar surface area (TPSA) is 52.7 Å². The summed E-state index contributed by atoms with van der Waals surface area (Å²) in [4.78, 5) is 28.1. The molecule has 2 rings (SSSR count). The monoisotopic (exact) mass is 345 g/mol. The molecule has 1 aromatic heterocycles. The van der Waals surface area contributed by atoms with Gasteiger partial charge >= 0.3 is 0 Å². The van der Waals surface area contributed by atoms with Gasteiger partial charge in [-0.25, -0.2) is 0 Å². The van der Waals surface area contributed by atoms with E-state index in [2.05, 4.69) is 11.4 Å². The Morgan fingerprint density at radius 3 is 2.33 bits per heavy atom. The maximum Gasteiger partial charge on any atom is 0.241 e. The van der Waals surface area contributed by atoms with Crippen LogP contribution in [0.2, 0.25) is 0 Å². The van der Waals surface area contributed by atoms with Gasteiger partial charge in [0.2, 0.25) is 11.8 Å². The third-order valence-corrected chi connectivity index (χ3v) is 4.65. The number of hydrogen-bond acceptors (Lipinski definition) is 4. The highest BCUT2D eigenvalue weighted by atomic mass is 32.1. The molecule has 128 valence electrons. The third kappa shape index (κ3) is 4.91. The first kappa shape index (κ1) is 18.2. The maximum absolute atomic E-state index is 12.3. The minimum atomic E-state index is -0.109. The fourth-order valence-electron chi connectivity index (χ4n) is 2.24. The number of thiophene rings is 1. The van der Waals surface area contributed by atoms with Crippen LogP contribution in [-0.4, -0.2) is 55.8 Å². The molecule has 1 aromatic carbocycles. The van der Waals surface area contributed by atoms with E-state index in [0.717, 1.165) is 10.4 Å². The van der Waals surface area contributed by atoms with E-state index < -0.39 is 0 Å². The van der Waals surface area contributed by atoms with Gasteiger partial charge in [-0.2, -0.15) is 0 Å². The highest BCUT2D eigenvalue weighted by Gasteiger charge is 2.18. The summed E-state index contributed by atoms with van der Waals surface area (Å²) in [6, 6.07) is 14.1. The van der Waals surface area contributed by atoms with E-state index in [0.29, 0.717) is 0 Å². The van der Waals surface area contributed by atoms with Crippen LogP contribution in [0.4, 0.5) is 0 Å². The van der Waals surface area contributed by atoms with Crippen LogP contribution in [0.25, 0.3) is 0 Å². The second kappa shape index (κ2) is 8.61. The van der Waals surface area contributed by atoms with Gasteiger partial charge in [-0.05, 0) is 17.0 Å². The molecule has 5 nitrogen and oxygen atoms in total. The van der Waals surface area contributed by atoms with E-state index in [1.807, 2.05) is 41.8 Å². The summed E-state index contributed by atoms with van der Waals surface area (Å²) in [5.41, 5.74) is 1.11. The van der Waals surface area contributed by atoms with E-state index in [9.17, 15) is 9.59 Å². The molecule has 0 aliphatic heterocycles. The minimum Gasteiger partial charge on any atom is -0.347 e. The highest BCUT2D eigenvalue weighted by molar-refractivity contribution is 7.10. The smallest absolute Gasteiger partial charge is 0.241 e. The number of carbonyl (C=O) groups is 2. The van der Waals surface area contributed by atoms with Gasteiger partial charge < -0.3 is 9.80 Å². The molecule has 0 fully saturated rings. The molecular formula is C18H23N3O2S. The first-order valence-corrected chi connectivity index (χ1v) is 8.63. The molecule has 0 spiro atoms. The summed E-state index contributed by atoms with van der Waals surface area (Å²) < 4.78 is 0. The molecule has 6 heteroatoms. The summed E-state index contributed by atoms with van der Waals surface area (Å²) in [5.74, 6) is -0.202. The predicted molar refractivity (Wildman–Crippen MR) is 96.9 cm³/mol. The molecule has 0 bridgehead atoms. The molecule has 1 atom stereocenters. The van der Waals surface area contributed by atoms with E-state index in [4.69, 9.17) is 0 Å². The second-order valence-corrected chi connectivity index (χ2v) is 6.76. The number of likely N-dealkylation sites (N-methyl/N-ethyl adjacent to an activating group) is 2. The standard InChI is InChI=1S/C18H23N3O2S/c1-20(2)17(23)13-21(3)16(22)12-19-18(15-10-7-11-24-15)14-8-5-4-6-9-14/h4-11,18-19H,12-13H2,1-3H3/t18-/m1/s1. The van der Waals surface area contributed by atoms with Gasteiger partial charge in [0, 0.05) is 26.0 Å². The molecule has 0 saturated heterocycles. The predicted octanol–water partition coefficient (Wildman–Crippen LogP) is 1.97. The van der Waals surface area contributed by atoms with Gasteiger partial charge in [0.05, 0.1) is 19.1 Å². The summed E-state index contributed by atoms with van der Waals surface area (Å²) >= 11 is 1.65. The summed E-state index contributed by atoms with van der Waals surface area (Å²) in [6.45, 7) is 0.261. The van der Waals surface area contributed by atoms with Crippen molar-refractivity contribution in [2.75, 3.05) is 34.2 Å². The SMILES string of the molecule is CN(C)C(=O)CN(C)C(=O)CN[C@H](c1ccccc1)c1cccs1. The van der Waals surface area contributed by atoms with E-state index >= 15 is 0 Å². The molecule has 0 saturated carbocycles. The fraction of sp³-hybridized carbons (Fsp3) is 0.333. The molecule has 1 N–H and O–H groups in total. The first-order valence-electron chi connectivity index (χ1n) is 7.75. The number of benzene rings is 1. The Hall–Kier alpha value is -2.18. The molecule has 0 aliphatic carbocycles. The Kier molecular flexibility index (Phi) is 6.52. The van der Waals surface area contributed by atoms with Crippen molar-refractivity contribution in [2.24, 2.45) is 0 Å². The van der Waals surface area contributed by atoms with Crippen LogP contribution in [0, 0.1) is 0 Å². The Bertz CT molecular complexity index is 656. The number of rotatable bonds is 7. The van der Waals surface area contributed by atoms with Crippen LogP contribution in [-0.2, 0) is 9.59 Å². The van der Waals surface area contributed by atoms with Gasteiger partial charge in [-0.3, -0.25) is 14.9 Å². The molecule has 2 amide bonds. The van der Waals surface area contributed by atoms with Crippen LogP contribution < -0.4 is 5.32 Å². The van der Waals surface area contributed by atoms with E-state index in [1.54, 1.807) is 32.5 Å². The van der Waals surface area contributed by atoms with Crippen molar-refractivity contribution in [3.63, 3.8) is 0 Å². The second-order valence-electron chi connectivity index (χ2n) is 5.78. The maximum atomic E-state index is 12.3. The lowest BCUT2D eigenvalue weighted by Gasteiger charge is -2.22. The van der Waals surface area contributed by atoms with E-state index in [-0.39, 0.29) is 30.9 Å². The quantitative estimate of drug-likeness (QED) is 0.835. The normalized spacial score (nSPS) is 11.8. The highest BCUT2D eigenvalue weighted by Crippen LogP contribution is 2.25. The molecular weight excluding hydrogens is 322 g/mol. The van der Waals surface area contributed by atoms with Crippen molar-refractivity contribution >= 4 is 23.2 Å². The van der Waals surface area contributed by atoms with Crippen molar-refractivity contribution in [1.82, 2.24) is 15.1 Å².